The smallest absolute Gasteiger partial charge is 0.373 e. The summed E-state index contributed by atoms with van der Waals surface area (Å²) in [5, 5.41) is 14.3. The number of hydrogen-bond acceptors (Lipinski definition) is 9. The average Bonchev–Trinajstić information content (AvgIpc) is 2.69. The molecule has 0 radical (unpaired) electrons. The predicted octanol–water partition coefficient (Wildman–Crippen LogP) is 3.86. The molecule has 0 saturated heterocycles. The Kier molecular flexibility index (Phi) is 5.75. The number of hydrogen-bond donors (Lipinski definition) is 1. The monoisotopic (exact) mass is 445 g/mol. The van der Waals surface area contributed by atoms with E-state index in [1.165, 1.54) is 37.6 Å². The fraction of sp³-hybridized carbons (Fsp3) is 0.0588. The first-order chi connectivity index (χ1) is 13.5. The SMILES string of the molecule is COC(=O)c1ccc(Oc2ncnc(Nc3ccc(Br)cn3)c2[N+](=O)[O-])cc1. The van der Waals surface area contributed by atoms with Crippen LogP contribution in [0.4, 0.5) is 17.3 Å². The van der Waals surface area contributed by atoms with Gasteiger partial charge in [-0.3, -0.25) is 10.1 Å². The molecule has 1 aromatic carbocycles. The molecule has 3 aromatic rings. The van der Waals surface area contributed by atoms with Gasteiger partial charge in [-0.25, -0.2) is 14.8 Å². The highest BCUT2D eigenvalue weighted by atomic mass is 79.9. The number of nitro groups is 1. The van der Waals surface area contributed by atoms with Crippen LogP contribution >= 0.6 is 15.9 Å². The second kappa shape index (κ2) is 8.39. The Bertz CT molecular complexity index is 1010. The van der Waals surface area contributed by atoms with Gasteiger partial charge in [-0.15, -0.1) is 0 Å². The lowest BCUT2D eigenvalue weighted by atomic mass is 10.2. The Morgan fingerprint density at radius 1 is 1.14 bits per heavy atom. The van der Waals surface area contributed by atoms with Gasteiger partial charge in [-0.2, -0.15) is 4.98 Å². The Morgan fingerprint density at radius 3 is 2.50 bits per heavy atom. The third-order valence-electron chi connectivity index (χ3n) is 3.44. The first kappa shape index (κ1) is 19.2. The van der Waals surface area contributed by atoms with Crippen LogP contribution in [0.2, 0.25) is 0 Å². The molecule has 0 amide bonds. The molecule has 0 unspecified atom stereocenters. The Labute approximate surface area is 166 Å². The number of carbonyl (C=O) groups excluding carboxylic acids is 1. The Balaban J connectivity index is 1.89. The van der Waals surface area contributed by atoms with E-state index in [0.717, 1.165) is 10.8 Å². The van der Waals surface area contributed by atoms with Gasteiger partial charge in [0.2, 0.25) is 5.82 Å². The van der Waals surface area contributed by atoms with Gasteiger partial charge < -0.3 is 14.8 Å². The quantitative estimate of drug-likeness (QED) is 0.341. The number of methoxy groups -OCH3 is 1. The van der Waals surface area contributed by atoms with Gasteiger partial charge >= 0.3 is 17.5 Å². The van der Waals surface area contributed by atoms with Gasteiger partial charge in [0.25, 0.3) is 0 Å². The summed E-state index contributed by atoms with van der Waals surface area (Å²) in [6, 6.07) is 9.24. The average molecular weight is 446 g/mol. The topological polar surface area (TPSA) is 129 Å². The zero-order valence-electron chi connectivity index (χ0n) is 14.3. The van der Waals surface area contributed by atoms with Gasteiger partial charge in [0.05, 0.1) is 17.6 Å². The molecule has 10 nitrogen and oxygen atoms in total. The number of halogens is 1. The third-order valence-corrected chi connectivity index (χ3v) is 3.90. The molecule has 11 heteroatoms. The largest absolute Gasteiger partial charge is 0.465 e. The van der Waals surface area contributed by atoms with Gasteiger partial charge in [0.1, 0.15) is 17.9 Å². The van der Waals surface area contributed by atoms with Crippen molar-refractivity contribution >= 4 is 39.2 Å². The second-order valence-electron chi connectivity index (χ2n) is 5.24. The van der Waals surface area contributed by atoms with Crippen molar-refractivity contribution in [3.63, 3.8) is 0 Å². The van der Waals surface area contributed by atoms with E-state index < -0.39 is 16.6 Å². The van der Waals surface area contributed by atoms with Crippen molar-refractivity contribution in [3.8, 4) is 11.6 Å². The van der Waals surface area contributed by atoms with E-state index in [1.54, 1.807) is 12.1 Å². The van der Waals surface area contributed by atoms with E-state index >= 15 is 0 Å². The molecule has 0 aliphatic carbocycles. The summed E-state index contributed by atoms with van der Waals surface area (Å²) < 4.78 is 10.9. The Hall–Kier alpha value is -3.60. The molecule has 0 spiro atoms. The van der Waals surface area contributed by atoms with Crippen LogP contribution in [-0.2, 0) is 4.74 Å². The number of nitrogens with zero attached hydrogens (tertiary/aromatic N) is 4. The predicted molar refractivity (Wildman–Crippen MR) is 102 cm³/mol. The molecule has 3 rings (SSSR count). The summed E-state index contributed by atoms with van der Waals surface area (Å²) in [4.78, 5) is 34.3. The first-order valence-electron chi connectivity index (χ1n) is 7.72. The van der Waals surface area contributed by atoms with Crippen molar-refractivity contribution in [3.05, 3.63) is 69.1 Å². The highest BCUT2D eigenvalue weighted by molar-refractivity contribution is 9.10. The number of nitrogens with one attached hydrogen (secondary N) is 1. The highest BCUT2D eigenvalue weighted by Gasteiger charge is 2.25. The highest BCUT2D eigenvalue weighted by Crippen LogP contribution is 2.35. The molecule has 2 aromatic heterocycles. The van der Waals surface area contributed by atoms with Crippen LogP contribution in [0.3, 0.4) is 0 Å². The molecule has 142 valence electrons. The number of pyridine rings is 1. The molecular formula is C17H12BrN5O5. The minimum Gasteiger partial charge on any atom is -0.465 e. The summed E-state index contributed by atoms with van der Waals surface area (Å²) >= 11 is 3.26. The number of carbonyl (C=O) groups is 1. The summed E-state index contributed by atoms with van der Waals surface area (Å²) in [6.07, 6.45) is 2.67. The molecule has 1 N–H and O–H groups in total. The molecule has 0 bridgehead atoms. The standard InChI is InChI=1S/C17H12BrN5O5/c1-27-17(24)10-2-5-12(6-3-10)28-16-14(23(25)26)15(20-9-21-16)22-13-7-4-11(18)8-19-13/h2-9H,1H3,(H,19,20,21,22). The summed E-state index contributed by atoms with van der Waals surface area (Å²) in [5.74, 6) is -0.227. The lowest BCUT2D eigenvalue weighted by Gasteiger charge is -2.09. The van der Waals surface area contributed by atoms with Crippen LogP contribution in [0.5, 0.6) is 11.6 Å². The van der Waals surface area contributed by atoms with Gasteiger partial charge in [0, 0.05) is 10.7 Å². The van der Waals surface area contributed by atoms with Crippen molar-refractivity contribution in [2.24, 2.45) is 0 Å². The molecular weight excluding hydrogens is 434 g/mol. The summed E-state index contributed by atoms with van der Waals surface area (Å²) in [5.41, 5.74) is -0.139. The number of aromatic nitrogens is 3. The van der Waals surface area contributed by atoms with Gasteiger partial charge in [-0.1, -0.05) is 0 Å². The van der Waals surface area contributed by atoms with E-state index in [2.05, 4.69) is 40.9 Å². The van der Waals surface area contributed by atoms with Crippen molar-refractivity contribution in [2.45, 2.75) is 0 Å². The van der Waals surface area contributed by atoms with Gasteiger partial charge in [-0.05, 0) is 52.3 Å². The Morgan fingerprint density at radius 2 is 1.89 bits per heavy atom. The third kappa shape index (κ3) is 4.38. The van der Waals surface area contributed by atoms with Crippen LogP contribution in [0.15, 0.2) is 53.4 Å². The van der Waals surface area contributed by atoms with Crippen LogP contribution < -0.4 is 10.1 Å². The molecule has 0 fully saturated rings. The maximum absolute atomic E-state index is 11.6. The van der Waals surface area contributed by atoms with E-state index in [-0.39, 0.29) is 17.4 Å². The minimum atomic E-state index is -0.653. The van der Waals surface area contributed by atoms with Crippen LogP contribution in [0.1, 0.15) is 10.4 Å². The lowest BCUT2D eigenvalue weighted by Crippen LogP contribution is -2.04. The molecule has 0 aliphatic rings. The molecule has 0 aliphatic heterocycles. The molecule has 28 heavy (non-hydrogen) atoms. The van der Waals surface area contributed by atoms with E-state index in [1.807, 2.05) is 0 Å². The fourth-order valence-corrected chi connectivity index (χ4v) is 2.39. The number of benzene rings is 1. The van der Waals surface area contributed by atoms with Crippen LogP contribution in [0, 0.1) is 10.1 Å². The van der Waals surface area contributed by atoms with Crippen molar-refractivity contribution < 1.29 is 19.2 Å². The number of rotatable bonds is 6. The van der Waals surface area contributed by atoms with Crippen LogP contribution in [0.25, 0.3) is 0 Å². The molecule has 0 saturated carbocycles. The normalized spacial score (nSPS) is 10.2. The fourth-order valence-electron chi connectivity index (χ4n) is 2.15. The first-order valence-corrected chi connectivity index (χ1v) is 8.51. The van der Waals surface area contributed by atoms with E-state index in [4.69, 9.17) is 4.74 Å². The summed E-state index contributed by atoms with van der Waals surface area (Å²) in [7, 11) is 1.27. The van der Waals surface area contributed by atoms with E-state index in [9.17, 15) is 14.9 Å². The number of esters is 1. The zero-order valence-corrected chi connectivity index (χ0v) is 15.9. The molecule has 2 heterocycles. The maximum atomic E-state index is 11.6. The number of ether oxygens (including phenoxy) is 2. The maximum Gasteiger partial charge on any atom is 0.373 e. The van der Waals surface area contributed by atoms with Crippen LogP contribution in [-0.4, -0.2) is 33.0 Å². The summed E-state index contributed by atoms with van der Waals surface area (Å²) in [6.45, 7) is 0. The number of anilines is 2. The van der Waals surface area contributed by atoms with Crippen molar-refractivity contribution in [2.75, 3.05) is 12.4 Å². The molecule has 0 atom stereocenters. The van der Waals surface area contributed by atoms with Gasteiger partial charge in [0.15, 0.2) is 0 Å². The second-order valence-corrected chi connectivity index (χ2v) is 6.15. The van der Waals surface area contributed by atoms with Crippen molar-refractivity contribution in [1.82, 2.24) is 15.0 Å². The minimum absolute atomic E-state index is 0.0731. The van der Waals surface area contributed by atoms with Crippen molar-refractivity contribution in [1.29, 1.82) is 0 Å². The van der Waals surface area contributed by atoms with E-state index in [0.29, 0.717) is 11.4 Å². The zero-order chi connectivity index (χ0) is 20.1. The lowest BCUT2D eigenvalue weighted by molar-refractivity contribution is -0.385.